The molecule has 2 saturated carbocycles. The van der Waals surface area contributed by atoms with Crippen molar-refractivity contribution in [1.82, 2.24) is 10.2 Å². The van der Waals surface area contributed by atoms with Crippen molar-refractivity contribution in [2.24, 2.45) is 5.41 Å². The van der Waals surface area contributed by atoms with E-state index in [0.29, 0.717) is 24.1 Å². The van der Waals surface area contributed by atoms with Gasteiger partial charge in [-0.2, -0.15) is 0 Å². The Morgan fingerprint density at radius 2 is 1.94 bits per heavy atom. The fourth-order valence-corrected chi connectivity index (χ4v) is 3.33. The average molecular weight is 254 g/mol. The Labute approximate surface area is 112 Å². The van der Waals surface area contributed by atoms with Crippen LogP contribution in [0, 0.1) is 5.41 Å². The van der Waals surface area contributed by atoms with E-state index in [9.17, 15) is 5.11 Å². The van der Waals surface area contributed by atoms with Crippen LogP contribution in [0.25, 0.3) is 0 Å². The van der Waals surface area contributed by atoms with Crippen molar-refractivity contribution >= 4 is 0 Å². The minimum absolute atomic E-state index is 0.0119. The van der Waals surface area contributed by atoms with Gasteiger partial charge in [-0.1, -0.05) is 20.8 Å². The van der Waals surface area contributed by atoms with Gasteiger partial charge >= 0.3 is 0 Å². The van der Waals surface area contributed by atoms with Crippen molar-refractivity contribution in [3.05, 3.63) is 0 Å². The third-order valence-electron chi connectivity index (χ3n) is 4.32. The molecule has 2 unspecified atom stereocenters. The van der Waals surface area contributed by atoms with Crippen molar-refractivity contribution in [2.75, 3.05) is 20.2 Å². The zero-order chi connectivity index (χ0) is 13.4. The largest absolute Gasteiger partial charge is 0.394 e. The lowest BCUT2D eigenvalue weighted by molar-refractivity contribution is 0.135. The Morgan fingerprint density at radius 1 is 1.28 bits per heavy atom. The smallest absolute Gasteiger partial charge is 0.0614 e. The third kappa shape index (κ3) is 3.69. The molecule has 0 saturated heterocycles. The molecule has 0 spiro atoms. The molecule has 0 aromatic rings. The lowest BCUT2D eigenvalue weighted by atomic mass is 9.94. The standard InChI is InChI=1S/C15H30N2O/c1-14(2,3)10-17(4)13-7-8-15(9-13,11-18)16-12-5-6-12/h12-13,16,18H,5-11H2,1-4H3. The molecule has 106 valence electrons. The van der Waals surface area contributed by atoms with E-state index in [1.807, 2.05) is 0 Å². The van der Waals surface area contributed by atoms with E-state index < -0.39 is 0 Å². The Kier molecular flexibility index (Phi) is 4.05. The molecule has 0 aromatic heterocycles. The van der Waals surface area contributed by atoms with Crippen LogP contribution in [0.5, 0.6) is 0 Å². The molecule has 2 rings (SSSR count). The highest BCUT2D eigenvalue weighted by Gasteiger charge is 2.43. The van der Waals surface area contributed by atoms with Crippen molar-refractivity contribution in [2.45, 2.75) is 70.5 Å². The number of rotatable bonds is 5. The first-order chi connectivity index (χ1) is 8.34. The van der Waals surface area contributed by atoms with Crippen LogP contribution in [0.1, 0.15) is 52.9 Å². The van der Waals surface area contributed by atoms with Crippen molar-refractivity contribution < 1.29 is 5.11 Å². The summed E-state index contributed by atoms with van der Waals surface area (Å²) in [5.41, 5.74) is 0.362. The summed E-state index contributed by atoms with van der Waals surface area (Å²) in [4.78, 5) is 2.49. The normalized spacial score (nSPS) is 33.3. The second-order valence-electron chi connectivity index (χ2n) is 7.73. The molecule has 2 N–H and O–H groups in total. The highest BCUT2D eigenvalue weighted by Crippen LogP contribution is 2.36. The molecule has 0 heterocycles. The summed E-state index contributed by atoms with van der Waals surface area (Å²) >= 11 is 0. The molecule has 0 aliphatic heterocycles. The van der Waals surface area contributed by atoms with Crippen LogP contribution in [0.3, 0.4) is 0 Å². The van der Waals surface area contributed by atoms with Crippen LogP contribution in [-0.2, 0) is 0 Å². The predicted octanol–water partition coefficient (Wildman–Crippen LogP) is 2.00. The van der Waals surface area contributed by atoms with E-state index in [1.165, 1.54) is 19.3 Å². The number of hydrogen-bond acceptors (Lipinski definition) is 3. The minimum atomic E-state index is 0.0119. The predicted molar refractivity (Wildman–Crippen MR) is 75.7 cm³/mol. The Hall–Kier alpha value is -0.120. The Bertz CT molecular complexity index is 283. The van der Waals surface area contributed by atoms with Gasteiger partial charge in [-0.15, -0.1) is 0 Å². The first-order valence-electron chi connectivity index (χ1n) is 7.42. The van der Waals surface area contributed by atoms with E-state index in [2.05, 4.69) is 38.0 Å². The van der Waals surface area contributed by atoms with Gasteiger partial charge in [0.2, 0.25) is 0 Å². The summed E-state index contributed by atoms with van der Waals surface area (Å²) in [6.45, 7) is 8.30. The Balaban J connectivity index is 1.89. The lowest BCUT2D eigenvalue weighted by Gasteiger charge is -2.33. The van der Waals surface area contributed by atoms with Gasteiger partial charge in [0, 0.05) is 24.2 Å². The number of aliphatic hydroxyl groups is 1. The molecule has 0 radical (unpaired) electrons. The van der Waals surface area contributed by atoms with Gasteiger partial charge in [-0.25, -0.2) is 0 Å². The fraction of sp³-hybridized carbons (Fsp3) is 1.00. The summed E-state index contributed by atoms with van der Waals surface area (Å²) in [5.74, 6) is 0. The van der Waals surface area contributed by atoms with Gasteiger partial charge < -0.3 is 15.3 Å². The molecule has 2 atom stereocenters. The van der Waals surface area contributed by atoms with Crippen LogP contribution >= 0.6 is 0 Å². The van der Waals surface area contributed by atoms with E-state index in [-0.39, 0.29) is 5.54 Å². The highest BCUT2D eigenvalue weighted by atomic mass is 16.3. The maximum atomic E-state index is 9.74. The van der Waals surface area contributed by atoms with Gasteiger partial charge in [0.1, 0.15) is 0 Å². The van der Waals surface area contributed by atoms with E-state index in [0.717, 1.165) is 19.4 Å². The molecule has 3 nitrogen and oxygen atoms in total. The molecule has 0 amide bonds. The summed E-state index contributed by atoms with van der Waals surface area (Å²) in [6, 6.07) is 1.31. The second-order valence-corrected chi connectivity index (χ2v) is 7.73. The summed E-state index contributed by atoms with van der Waals surface area (Å²) in [6.07, 6.45) is 6.03. The summed E-state index contributed by atoms with van der Waals surface area (Å²) < 4.78 is 0. The van der Waals surface area contributed by atoms with Gasteiger partial charge in [0.05, 0.1) is 6.61 Å². The molecule has 2 aliphatic rings. The van der Waals surface area contributed by atoms with Crippen molar-refractivity contribution in [1.29, 1.82) is 0 Å². The van der Waals surface area contributed by atoms with Crippen LogP contribution in [-0.4, -0.2) is 47.8 Å². The first kappa shape index (κ1) is 14.3. The quantitative estimate of drug-likeness (QED) is 0.788. The van der Waals surface area contributed by atoms with Crippen LogP contribution in [0.15, 0.2) is 0 Å². The molecule has 3 heteroatoms. The number of nitrogens with zero attached hydrogens (tertiary/aromatic N) is 1. The van der Waals surface area contributed by atoms with E-state index in [1.54, 1.807) is 0 Å². The van der Waals surface area contributed by atoms with Crippen LogP contribution < -0.4 is 5.32 Å². The fourth-order valence-electron chi connectivity index (χ4n) is 3.33. The van der Waals surface area contributed by atoms with Crippen LogP contribution in [0.2, 0.25) is 0 Å². The molecular formula is C15H30N2O. The molecule has 2 aliphatic carbocycles. The number of hydrogen-bond donors (Lipinski definition) is 2. The summed E-state index contributed by atoms with van der Waals surface area (Å²) in [7, 11) is 2.24. The van der Waals surface area contributed by atoms with Gasteiger partial charge in [0.25, 0.3) is 0 Å². The topological polar surface area (TPSA) is 35.5 Å². The van der Waals surface area contributed by atoms with Crippen molar-refractivity contribution in [3.8, 4) is 0 Å². The molecule has 18 heavy (non-hydrogen) atoms. The molecule has 0 bridgehead atoms. The van der Waals surface area contributed by atoms with E-state index >= 15 is 0 Å². The SMILES string of the molecule is CN(CC(C)(C)C)C1CCC(CO)(NC2CC2)C1. The number of aliphatic hydroxyl groups excluding tert-OH is 1. The molecule has 0 aromatic carbocycles. The van der Waals surface area contributed by atoms with E-state index in [4.69, 9.17) is 0 Å². The third-order valence-corrected chi connectivity index (χ3v) is 4.32. The molecular weight excluding hydrogens is 224 g/mol. The second kappa shape index (κ2) is 5.10. The zero-order valence-corrected chi connectivity index (χ0v) is 12.5. The van der Waals surface area contributed by atoms with Crippen LogP contribution in [0.4, 0.5) is 0 Å². The lowest BCUT2D eigenvalue weighted by Crippen LogP contribution is -2.49. The first-order valence-corrected chi connectivity index (χ1v) is 7.42. The average Bonchev–Trinajstić information content (AvgIpc) is 2.93. The highest BCUT2D eigenvalue weighted by molar-refractivity contribution is 5.03. The minimum Gasteiger partial charge on any atom is -0.394 e. The Morgan fingerprint density at radius 3 is 2.44 bits per heavy atom. The maximum absolute atomic E-state index is 9.74. The van der Waals surface area contributed by atoms with Gasteiger partial charge in [0.15, 0.2) is 0 Å². The number of nitrogens with one attached hydrogen (secondary N) is 1. The van der Waals surface area contributed by atoms with Gasteiger partial charge in [-0.3, -0.25) is 0 Å². The maximum Gasteiger partial charge on any atom is 0.0614 e. The van der Waals surface area contributed by atoms with Crippen molar-refractivity contribution in [3.63, 3.8) is 0 Å². The summed E-state index contributed by atoms with van der Waals surface area (Å²) in [5, 5.41) is 13.4. The molecule has 2 fully saturated rings. The zero-order valence-electron chi connectivity index (χ0n) is 12.5. The monoisotopic (exact) mass is 254 g/mol. The van der Waals surface area contributed by atoms with Gasteiger partial charge in [-0.05, 0) is 44.6 Å².